The Kier molecular flexibility index (Phi) is 4.71. The summed E-state index contributed by atoms with van der Waals surface area (Å²) in [5.41, 5.74) is 0.883. The normalized spacial score (nSPS) is 18.2. The third kappa shape index (κ3) is 3.22. The number of rotatable bonds is 3. The number of hydrogen-bond donors (Lipinski definition) is 0. The maximum Gasteiger partial charge on any atom is 0.325 e. The van der Waals surface area contributed by atoms with E-state index in [9.17, 15) is 4.79 Å². The Morgan fingerprint density at radius 2 is 2.32 bits per heavy atom. The van der Waals surface area contributed by atoms with Crippen molar-refractivity contribution in [3.63, 3.8) is 0 Å². The van der Waals surface area contributed by atoms with Gasteiger partial charge in [-0.25, -0.2) is 0 Å². The molecule has 1 unspecified atom stereocenters. The van der Waals surface area contributed by atoms with Crippen LogP contribution < -0.4 is 4.90 Å². The zero-order chi connectivity index (χ0) is 14.0. The zero-order valence-electron chi connectivity index (χ0n) is 10.7. The van der Waals surface area contributed by atoms with Crippen molar-refractivity contribution in [3.05, 3.63) is 23.2 Å². The van der Waals surface area contributed by atoms with Crippen molar-refractivity contribution in [1.82, 2.24) is 0 Å². The van der Waals surface area contributed by atoms with Crippen LogP contribution in [0.15, 0.2) is 23.1 Å². The molecule has 1 heterocycles. The fourth-order valence-electron chi connectivity index (χ4n) is 1.88. The van der Waals surface area contributed by atoms with E-state index in [1.54, 1.807) is 18.7 Å². The Labute approximate surface area is 127 Å². The first-order valence-electron chi connectivity index (χ1n) is 5.96. The monoisotopic (exact) mass is 315 g/mol. The lowest BCUT2D eigenvalue weighted by Crippen LogP contribution is -2.42. The smallest absolute Gasteiger partial charge is 0.325 e. The zero-order valence-corrected chi connectivity index (χ0v) is 13.1. The Morgan fingerprint density at radius 3 is 3.00 bits per heavy atom. The number of hydrogen-bond acceptors (Lipinski definition) is 4. The summed E-state index contributed by atoms with van der Waals surface area (Å²) < 4.78 is 4.99. The maximum atomic E-state index is 11.7. The van der Waals surface area contributed by atoms with Gasteiger partial charge in [0.2, 0.25) is 0 Å². The molecule has 102 valence electrons. The number of carbonyl (C=O) groups is 1. The Bertz CT molecular complexity index is 521. The molecule has 0 saturated heterocycles. The fraction of sp³-hybridized carbons (Fsp3) is 0.385. The van der Waals surface area contributed by atoms with Crippen LogP contribution in [0.1, 0.15) is 13.8 Å². The second-order valence-electron chi connectivity index (χ2n) is 4.10. The molecule has 0 spiro atoms. The van der Waals surface area contributed by atoms with Gasteiger partial charge in [-0.2, -0.15) is 0 Å². The van der Waals surface area contributed by atoms with Crippen LogP contribution >= 0.6 is 35.6 Å². The maximum absolute atomic E-state index is 11.7. The number of halogens is 1. The molecule has 0 saturated carbocycles. The topological polar surface area (TPSA) is 29.5 Å². The van der Waals surface area contributed by atoms with Crippen molar-refractivity contribution in [1.29, 1.82) is 0 Å². The second kappa shape index (κ2) is 6.11. The average Bonchev–Trinajstić information content (AvgIpc) is 2.36. The summed E-state index contributed by atoms with van der Waals surface area (Å²) in [6, 6.07) is 5.64. The first kappa shape index (κ1) is 14.6. The van der Waals surface area contributed by atoms with Crippen LogP contribution in [0.2, 0.25) is 5.02 Å². The van der Waals surface area contributed by atoms with Gasteiger partial charge in [0.05, 0.1) is 22.5 Å². The number of fused-ring (bicyclic) bond motifs is 1. The van der Waals surface area contributed by atoms with Crippen LogP contribution in [0.25, 0.3) is 0 Å². The van der Waals surface area contributed by atoms with E-state index in [0.29, 0.717) is 11.6 Å². The summed E-state index contributed by atoms with van der Waals surface area (Å²) in [5, 5.41) is 0.781. The summed E-state index contributed by atoms with van der Waals surface area (Å²) in [4.78, 5) is 15.3. The van der Waals surface area contributed by atoms with Crippen LogP contribution in [-0.4, -0.2) is 29.4 Å². The molecule has 0 amide bonds. The first-order chi connectivity index (χ1) is 9.02. The van der Waals surface area contributed by atoms with Crippen LogP contribution in [0.3, 0.4) is 0 Å². The van der Waals surface area contributed by atoms with Crippen molar-refractivity contribution >= 4 is 52.2 Å². The summed E-state index contributed by atoms with van der Waals surface area (Å²) in [5.74, 6) is -0.283. The molecule has 1 aromatic carbocycles. The summed E-state index contributed by atoms with van der Waals surface area (Å²) >= 11 is 13.1. The van der Waals surface area contributed by atoms with E-state index in [-0.39, 0.29) is 17.8 Å². The lowest BCUT2D eigenvalue weighted by molar-refractivity contribution is -0.141. The largest absolute Gasteiger partial charge is 0.465 e. The Morgan fingerprint density at radius 1 is 1.58 bits per heavy atom. The van der Waals surface area contributed by atoms with E-state index in [0.717, 1.165) is 15.6 Å². The third-order valence-electron chi connectivity index (χ3n) is 2.72. The van der Waals surface area contributed by atoms with Crippen LogP contribution in [0, 0.1) is 0 Å². The van der Waals surface area contributed by atoms with Crippen LogP contribution in [-0.2, 0) is 9.53 Å². The van der Waals surface area contributed by atoms with Crippen molar-refractivity contribution in [2.45, 2.75) is 24.0 Å². The molecule has 1 atom stereocenters. The third-order valence-corrected chi connectivity index (χ3v) is 4.86. The van der Waals surface area contributed by atoms with E-state index in [4.69, 9.17) is 28.6 Å². The van der Waals surface area contributed by atoms with Crippen molar-refractivity contribution in [3.8, 4) is 0 Å². The van der Waals surface area contributed by atoms with Crippen LogP contribution in [0.4, 0.5) is 5.69 Å². The Balaban J connectivity index is 2.33. The number of benzene rings is 1. The highest BCUT2D eigenvalue weighted by atomic mass is 35.5. The molecule has 0 radical (unpaired) electrons. The summed E-state index contributed by atoms with van der Waals surface area (Å²) in [7, 11) is 0. The lowest BCUT2D eigenvalue weighted by Gasteiger charge is -2.34. The molecular weight excluding hydrogens is 302 g/mol. The van der Waals surface area contributed by atoms with Gasteiger partial charge < -0.3 is 9.64 Å². The minimum Gasteiger partial charge on any atom is -0.465 e. The highest BCUT2D eigenvalue weighted by Crippen LogP contribution is 2.40. The first-order valence-corrected chi connectivity index (χ1v) is 7.62. The number of carbonyl (C=O) groups excluding carboxylic acids is 1. The Hall–Kier alpha value is -0.780. The summed E-state index contributed by atoms with van der Waals surface area (Å²) in [6.07, 6.45) is 0. The van der Waals surface area contributed by atoms with Gasteiger partial charge in [-0.3, -0.25) is 4.79 Å². The average molecular weight is 316 g/mol. The van der Waals surface area contributed by atoms with Crippen molar-refractivity contribution in [2.75, 3.05) is 18.1 Å². The van der Waals surface area contributed by atoms with Gasteiger partial charge in [0.15, 0.2) is 0 Å². The number of ether oxygens (including phenoxy) is 1. The van der Waals surface area contributed by atoms with E-state index in [1.165, 1.54) is 0 Å². The van der Waals surface area contributed by atoms with Crippen molar-refractivity contribution < 1.29 is 9.53 Å². The van der Waals surface area contributed by atoms with Gasteiger partial charge >= 0.3 is 5.97 Å². The molecule has 19 heavy (non-hydrogen) atoms. The molecule has 1 aromatic rings. The molecule has 1 aliphatic rings. The molecule has 0 N–H and O–H groups in total. The van der Waals surface area contributed by atoms with Gasteiger partial charge in [-0.15, -0.1) is 11.8 Å². The number of anilines is 1. The lowest BCUT2D eigenvalue weighted by atomic mass is 10.2. The molecule has 2 rings (SSSR count). The molecule has 0 fully saturated rings. The highest BCUT2D eigenvalue weighted by Gasteiger charge is 2.29. The minimum atomic E-state index is -0.283. The SMILES string of the molecule is CCOC(=O)CN1C(=S)C(C)Sc2ccc(Cl)cc21. The standard InChI is InChI=1S/C13H14ClNO2S2/c1-3-17-12(16)7-15-10-6-9(14)4-5-11(10)19-8(2)13(15)18/h4-6,8H,3,7H2,1-2H3. The summed E-state index contributed by atoms with van der Waals surface area (Å²) in [6.45, 7) is 4.31. The molecular formula is C13H14ClNO2S2. The molecule has 3 nitrogen and oxygen atoms in total. The number of thiocarbonyl (C=S) groups is 1. The molecule has 6 heteroatoms. The molecule has 0 aromatic heterocycles. The number of esters is 1. The predicted molar refractivity (Wildman–Crippen MR) is 83.3 cm³/mol. The molecule has 0 bridgehead atoms. The van der Waals surface area contributed by atoms with Gasteiger partial charge in [0, 0.05) is 9.92 Å². The van der Waals surface area contributed by atoms with Gasteiger partial charge in [0.25, 0.3) is 0 Å². The predicted octanol–water partition coefficient (Wildman–Crippen LogP) is 3.53. The quantitative estimate of drug-likeness (QED) is 0.629. The van der Waals surface area contributed by atoms with E-state index >= 15 is 0 Å². The van der Waals surface area contributed by atoms with E-state index < -0.39 is 0 Å². The van der Waals surface area contributed by atoms with Crippen LogP contribution in [0.5, 0.6) is 0 Å². The fourth-order valence-corrected chi connectivity index (χ4v) is 3.40. The van der Waals surface area contributed by atoms with E-state index in [2.05, 4.69) is 0 Å². The van der Waals surface area contributed by atoms with Gasteiger partial charge in [-0.05, 0) is 32.0 Å². The number of nitrogens with zero attached hydrogens (tertiary/aromatic N) is 1. The van der Waals surface area contributed by atoms with Crippen molar-refractivity contribution in [2.24, 2.45) is 0 Å². The van der Waals surface area contributed by atoms with Gasteiger partial charge in [0.1, 0.15) is 6.54 Å². The second-order valence-corrected chi connectivity index (χ2v) is 6.34. The minimum absolute atomic E-state index is 0.130. The molecule has 1 aliphatic heterocycles. The van der Waals surface area contributed by atoms with E-state index in [1.807, 2.05) is 30.0 Å². The molecule has 0 aliphatic carbocycles. The highest BCUT2D eigenvalue weighted by molar-refractivity contribution is 8.02. The number of thioether (sulfide) groups is 1. The van der Waals surface area contributed by atoms with Gasteiger partial charge in [-0.1, -0.05) is 23.8 Å².